The van der Waals surface area contributed by atoms with E-state index in [0.717, 1.165) is 0 Å². The zero-order chi connectivity index (χ0) is 14.5. The van der Waals surface area contributed by atoms with Crippen LogP contribution in [0.15, 0.2) is 18.2 Å². The Kier molecular flexibility index (Phi) is 5.88. The van der Waals surface area contributed by atoms with Gasteiger partial charge in [0.2, 0.25) is 0 Å². The van der Waals surface area contributed by atoms with Gasteiger partial charge in [0.05, 0.1) is 24.3 Å². The van der Waals surface area contributed by atoms with Crippen molar-refractivity contribution >= 4 is 17.3 Å². The second-order valence-corrected chi connectivity index (χ2v) is 5.96. The molecule has 2 N–H and O–H groups in total. The fourth-order valence-electron chi connectivity index (χ4n) is 1.37. The summed E-state index contributed by atoms with van der Waals surface area (Å²) >= 11 is 5.51. The third kappa shape index (κ3) is 5.66. The first-order valence-corrected chi connectivity index (χ1v) is 6.76. The lowest BCUT2D eigenvalue weighted by Gasteiger charge is -2.21. The van der Waals surface area contributed by atoms with Gasteiger partial charge in [-0.1, -0.05) is 26.8 Å². The summed E-state index contributed by atoms with van der Waals surface area (Å²) < 4.78 is 19.3. The maximum Gasteiger partial charge on any atom is 0.178 e. The third-order valence-corrected chi connectivity index (χ3v) is 2.68. The van der Waals surface area contributed by atoms with Crippen LogP contribution in [0.2, 0.25) is 0 Å². The van der Waals surface area contributed by atoms with Crippen LogP contribution in [-0.4, -0.2) is 30.2 Å². The lowest BCUT2D eigenvalue weighted by molar-refractivity contribution is 0.191. The van der Waals surface area contributed by atoms with Crippen molar-refractivity contribution in [3.63, 3.8) is 0 Å². The highest BCUT2D eigenvalue weighted by atomic mass is 35.5. The molecule has 1 aromatic carbocycles. The van der Waals surface area contributed by atoms with Crippen molar-refractivity contribution in [1.29, 1.82) is 0 Å². The van der Waals surface area contributed by atoms with Crippen LogP contribution in [0, 0.1) is 11.2 Å². The summed E-state index contributed by atoms with van der Waals surface area (Å²) in [6, 6.07) is 4.65. The number of rotatable bonds is 6. The Balaban J connectivity index is 2.77. The predicted molar refractivity (Wildman–Crippen MR) is 76.6 cm³/mol. The summed E-state index contributed by atoms with van der Waals surface area (Å²) in [5.41, 5.74) is 0.461. The normalized spacial score (nSPS) is 13.2. The first-order valence-electron chi connectivity index (χ1n) is 6.22. The summed E-state index contributed by atoms with van der Waals surface area (Å²) in [4.78, 5) is 0. The average molecular weight is 290 g/mol. The number of aliphatic hydroxyl groups is 1. The Labute approximate surface area is 118 Å². The first-order chi connectivity index (χ1) is 8.83. The van der Waals surface area contributed by atoms with Crippen LogP contribution in [0.3, 0.4) is 0 Å². The SMILES string of the molecule is CC(C)(C)COc1c(F)cccc1NCC(O)CCl. The fourth-order valence-corrected chi connectivity index (χ4v) is 1.47. The van der Waals surface area contributed by atoms with E-state index in [0.29, 0.717) is 12.3 Å². The van der Waals surface area contributed by atoms with E-state index < -0.39 is 11.9 Å². The van der Waals surface area contributed by atoms with Crippen LogP contribution < -0.4 is 10.1 Å². The zero-order valence-electron chi connectivity index (χ0n) is 11.5. The average Bonchev–Trinajstić information content (AvgIpc) is 2.33. The van der Waals surface area contributed by atoms with Crippen molar-refractivity contribution in [2.45, 2.75) is 26.9 Å². The smallest absolute Gasteiger partial charge is 0.178 e. The molecular weight excluding hydrogens is 269 g/mol. The molecule has 0 fully saturated rings. The molecule has 0 amide bonds. The van der Waals surface area contributed by atoms with Gasteiger partial charge in [-0.3, -0.25) is 0 Å². The van der Waals surface area contributed by atoms with Crippen molar-refractivity contribution in [3.05, 3.63) is 24.0 Å². The molecule has 1 aromatic rings. The van der Waals surface area contributed by atoms with E-state index in [1.54, 1.807) is 12.1 Å². The summed E-state index contributed by atoms with van der Waals surface area (Å²) in [6.45, 7) is 6.69. The van der Waals surface area contributed by atoms with Crippen molar-refractivity contribution < 1.29 is 14.2 Å². The Morgan fingerprint density at radius 2 is 2.11 bits per heavy atom. The largest absolute Gasteiger partial charge is 0.488 e. The highest BCUT2D eigenvalue weighted by Crippen LogP contribution is 2.29. The number of nitrogens with one attached hydrogen (secondary N) is 1. The Morgan fingerprint density at radius 1 is 1.42 bits per heavy atom. The van der Waals surface area contributed by atoms with Gasteiger partial charge < -0.3 is 15.2 Å². The maximum absolute atomic E-state index is 13.8. The van der Waals surface area contributed by atoms with E-state index in [2.05, 4.69) is 5.32 Å². The molecule has 19 heavy (non-hydrogen) atoms. The summed E-state index contributed by atoms with van der Waals surface area (Å²) in [7, 11) is 0. The van der Waals surface area contributed by atoms with Gasteiger partial charge >= 0.3 is 0 Å². The quantitative estimate of drug-likeness (QED) is 0.790. The molecule has 0 aliphatic rings. The summed E-state index contributed by atoms with van der Waals surface area (Å²) in [5.74, 6) is -0.116. The lowest BCUT2D eigenvalue weighted by atomic mass is 9.99. The standard InChI is InChI=1S/C14H21ClFNO2/c1-14(2,3)9-19-13-11(16)5-4-6-12(13)17-8-10(18)7-15/h4-6,10,17-18H,7-9H2,1-3H3. The molecule has 0 bridgehead atoms. The van der Waals surface area contributed by atoms with Gasteiger partial charge in [-0.05, 0) is 17.5 Å². The number of alkyl halides is 1. The van der Waals surface area contributed by atoms with Gasteiger partial charge in [0.25, 0.3) is 0 Å². The van der Waals surface area contributed by atoms with Crippen LogP contribution in [0.4, 0.5) is 10.1 Å². The lowest BCUT2D eigenvalue weighted by Crippen LogP contribution is -2.22. The second kappa shape index (κ2) is 6.96. The van der Waals surface area contributed by atoms with E-state index in [1.165, 1.54) is 6.07 Å². The van der Waals surface area contributed by atoms with E-state index in [-0.39, 0.29) is 23.6 Å². The van der Waals surface area contributed by atoms with E-state index in [1.807, 2.05) is 20.8 Å². The molecular formula is C14H21ClFNO2. The zero-order valence-corrected chi connectivity index (χ0v) is 12.3. The molecule has 3 nitrogen and oxygen atoms in total. The second-order valence-electron chi connectivity index (χ2n) is 5.65. The van der Waals surface area contributed by atoms with Crippen LogP contribution in [-0.2, 0) is 0 Å². The molecule has 0 aliphatic heterocycles. The van der Waals surface area contributed by atoms with Crippen molar-refractivity contribution in [1.82, 2.24) is 0 Å². The number of hydrogen-bond acceptors (Lipinski definition) is 3. The van der Waals surface area contributed by atoms with E-state index in [9.17, 15) is 9.50 Å². The minimum atomic E-state index is -0.680. The number of halogens is 2. The van der Waals surface area contributed by atoms with Gasteiger partial charge in [0.1, 0.15) is 0 Å². The molecule has 0 heterocycles. The topological polar surface area (TPSA) is 41.5 Å². The molecule has 0 spiro atoms. The van der Waals surface area contributed by atoms with Gasteiger partial charge in [-0.2, -0.15) is 0 Å². The van der Waals surface area contributed by atoms with Gasteiger partial charge in [0, 0.05) is 6.54 Å². The van der Waals surface area contributed by atoms with Crippen LogP contribution >= 0.6 is 11.6 Å². The number of anilines is 1. The van der Waals surface area contributed by atoms with Crippen molar-refractivity contribution in [2.75, 3.05) is 24.3 Å². The Hall–Kier alpha value is -1.00. The molecule has 5 heteroatoms. The van der Waals surface area contributed by atoms with Crippen LogP contribution in [0.5, 0.6) is 5.75 Å². The van der Waals surface area contributed by atoms with Gasteiger partial charge in [-0.15, -0.1) is 11.6 Å². The fraction of sp³-hybridized carbons (Fsp3) is 0.571. The molecule has 0 aliphatic carbocycles. The number of benzene rings is 1. The highest BCUT2D eigenvalue weighted by Gasteiger charge is 2.16. The minimum absolute atomic E-state index is 0.0603. The first kappa shape index (κ1) is 16.1. The summed E-state index contributed by atoms with van der Waals surface area (Å²) in [6.07, 6.45) is -0.680. The number of aliphatic hydroxyl groups excluding tert-OH is 1. The Bertz CT molecular complexity index is 407. The molecule has 0 radical (unpaired) electrons. The van der Waals surface area contributed by atoms with Crippen molar-refractivity contribution in [2.24, 2.45) is 5.41 Å². The maximum atomic E-state index is 13.8. The molecule has 1 unspecified atom stereocenters. The van der Waals surface area contributed by atoms with E-state index >= 15 is 0 Å². The predicted octanol–water partition coefficient (Wildman–Crippen LogP) is 3.26. The minimum Gasteiger partial charge on any atom is -0.488 e. The number of para-hydroxylation sites is 1. The van der Waals surface area contributed by atoms with Crippen molar-refractivity contribution in [3.8, 4) is 5.75 Å². The molecule has 0 saturated heterocycles. The molecule has 1 atom stereocenters. The molecule has 1 rings (SSSR count). The van der Waals surface area contributed by atoms with Crippen LogP contribution in [0.1, 0.15) is 20.8 Å². The van der Waals surface area contributed by atoms with Gasteiger partial charge in [0.15, 0.2) is 11.6 Å². The monoisotopic (exact) mass is 289 g/mol. The molecule has 0 saturated carbocycles. The number of ether oxygens (including phenoxy) is 1. The van der Waals surface area contributed by atoms with Crippen LogP contribution in [0.25, 0.3) is 0 Å². The summed E-state index contributed by atoms with van der Waals surface area (Å²) in [5, 5.41) is 12.4. The third-order valence-electron chi connectivity index (χ3n) is 2.32. The Morgan fingerprint density at radius 3 is 2.68 bits per heavy atom. The van der Waals surface area contributed by atoms with E-state index in [4.69, 9.17) is 16.3 Å². The molecule has 108 valence electrons. The van der Waals surface area contributed by atoms with Gasteiger partial charge in [-0.25, -0.2) is 4.39 Å². The highest BCUT2D eigenvalue weighted by molar-refractivity contribution is 6.18. The number of hydrogen-bond donors (Lipinski definition) is 2. The molecule has 0 aromatic heterocycles.